The van der Waals surface area contributed by atoms with E-state index in [4.69, 9.17) is 10.5 Å². The van der Waals surface area contributed by atoms with E-state index in [1.165, 1.54) is 6.07 Å². The van der Waals surface area contributed by atoms with Crippen molar-refractivity contribution in [3.05, 3.63) is 59.4 Å². The molecule has 0 heterocycles. The summed E-state index contributed by atoms with van der Waals surface area (Å²) in [4.78, 5) is 1.03. The molecular formula is C17H16FNOS. The van der Waals surface area contributed by atoms with Crippen molar-refractivity contribution >= 4 is 11.8 Å². The molecular weight excluding hydrogens is 285 g/mol. The third-order valence-corrected chi connectivity index (χ3v) is 3.62. The molecule has 0 aliphatic rings. The zero-order chi connectivity index (χ0) is 15.1. The Morgan fingerprint density at radius 1 is 1.24 bits per heavy atom. The normalized spacial score (nSPS) is 9.86. The third-order valence-electron chi connectivity index (χ3n) is 2.84. The molecule has 2 aromatic carbocycles. The number of hydrogen-bond acceptors (Lipinski definition) is 3. The second-order valence-corrected chi connectivity index (χ2v) is 5.10. The Morgan fingerprint density at radius 2 is 2.05 bits per heavy atom. The van der Waals surface area contributed by atoms with Gasteiger partial charge in [0.1, 0.15) is 18.2 Å². The van der Waals surface area contributed by atoms with E-state index in [2.05, 4.69) is 11.8 Å². The van der Waals surface area contributed by atoms with Crippen LogP contribution in [0.25, 0.3) is 0 Å². The first-order chi connectivity index (χ1) is 10.2. The maximum atomic E-state index is 14.0. The van der Waals surface area contributed by atoms with Crippen LogP contribution in [0.15, 0.2) is 47.4 Å². The number of ether oxygens (including phenoxy) is 1. The molecule has 0 aliphatic heterocycles. The van der Waals surface area contributed by atoms with E-state index in [0.717, 1.165) is 10.6 Å². The molecule has 4 heteroatoms. The zero-order valence-electron chi connectivity index (χ0n) is 11.7. The van der Waals surface area contributed by atoms with E-state index in [0.29, 0.717) is 11.1 Å². The van der Waals surface area contributed by atoms with Crippen LogP contribution in [0, 0.1) is 17.7 Å². The maximum Gasteiger partial charge on any atom is 0.133 e. The molecule has 0 fully saturated rings. The van der Waals surface area contributed by atoms with Crippen LogP contribution in [0.1, 0.15) is 11.1 Å². The minimum atomic E-state index is -0.319. The van der Waals surface area contributed by atoms with Gasteiger partial charge in [0.15, 0.2) is 0 Å². The first-order valence-electron chi connectivity index (χ1n) is 6.47. The van der Waals surface area contributed by atoms with Crippen molar-refractivity contribution in [1.82, 2.24) is 0 Å². The Kier molecular flexibility index (Phi) is 5.68. The van der Waals surface area contributed by atoms with Crippen molar-refractivity contribution < 1.29 is 9.13 Å². The van der Waals surface area contributed by atoms with E-state index < -0.39 is 0 Å². The highest BCUT2D eigenvalue weighted by atomic mass is 32.2. The summed E-state index contributed by atoms with van der Waals surface area (Å²) in [5, 5.41) is 0. The predicted molar refractivity (Wildman–Crippen MR) is 84.9 cm³/mol. The third kappa shape index (κ3) is 4.25. The number of thioether (sulfide) groups is 1. The second-order valence-electron chi connectivity index (χ2n) is 4.25. The van der Waals surface area contributed by atoms with Crippen molar-refractivity contribution in [2.45, 2.75) is 11.5 Å². The molecule has 2 nitrogen and oxygen atoms in total. The number of hydrogen-bond donors (Lipinski definition) is 1. The van der Waals surface area contributed by atoms with E-state index in [1.807, 2.05) is 30.5 Å². The van der Waals surface area contributed by atoms with Crippen molar-refractivity contribution in [2.24, 2.45) is 5.73 Å². The van der Waals surface area contributed by atoms with Crippen LogP contribution in [0.4, 0.5) is 4.39 Å². The van der Waals surface area contributed by atoms with Crippen LogP contribution < -0.4 is 10.5 Å². The maximum absolute atomic E-state index is 14.0. The Hall–Kier alpha value is -1.96. The van der Waals surface area contributed by atoms with Gasteiger partial charge in [0.05, 0.1) is 6.54 Å². The number of nitrogens with two attached hydrogens (primary N) is 1. The van der Waals surface area contributed by atoms with Crippen LogP contribution >= 0.6 is 11.8 Å². The van der Waals surface area contributed by atoms with E-state index >= 15 is 0 Å². The summed E-state index contributed by atoms with van der Waals surface area (Å²) in [6.45, 7) is 0.450. The fraction of sp³-hybridized carbons (Fsp3) is 0.176. The number of halogens is 1. The van der Waals surface area contributed by atoms with E-state index in [1.54, 1.807) is 23.9 Å². The molecule has 108 valence electrons. The Bertz CT molecular complexity index is 676. The summed E-state index contributed by atoms with van der Waals surface area (Å²) in [6.07, 6.45) is 1.98. The van der Waals surface area contributed by atoms with Crippen LogP contribution in [-0.4, -0.2) is 12.8 Å². The van der Waals surface area contributed by atoms with Crippen molar-refractivity contribution in [3.8, 4) is 17.6 Å². The molecule has 0 atom stereocenters. The van der Waals surface area contributed by atoms with Crippen LogP contribution in [-0.2, 0) is 6.61 Å². The van der Waals surface area contributed by atoms with Crippen LogP contribution in [0.3, 0.4) is 0 Å². The first-order valence-corrected chi connectivity index (χ1v) is 7.70. The van der Waals surface area contributed by atoms with Gasteiger partial charge in [-0.1, -0.05) is 30.0 Å². The van der Waals surface area contributed by atoms with Gasteiger partial charge < -0.3 is 10.5 Å². The Morgan fingerprint density at radius 3 is 2.76 bits per heavy atom. The summed E-state index contributed by atoms with van der Waals surface area (Å²) >= 11 is 1.60. The second kappa shape index (κ2) is 7.72. The molecule has 2 rings (SSSR count). The monoisotopic (exact) mass is 301 g/mol. The molecule has 0 amide bonds. The molecule has 21 heavy (non-hydrogen) atoms. The molecule has 0 radical (unpaired) electrons. The quantitative estimate of drug-likeness (QED) is 0.694. The standard InChI is InChI=1S/C17H16FNOS/c1-21-17-7-3-2-6-16(17)20-12-14-9-8-13(5-4-10-19)11-15(14)18/h2-3,6-9,11H,10,12,19H2,1H3. The smallest absolute Gasteiger partial charge is 0.133 e. The summed E-state index contributed by atoms with van der Waals surface area (Å²) < 4.78 is 19.7. The summed E-state index contributed by atoms with van der Waals surface area (Å²) in [5.74, 6) is 5.95. The highest BCUT2D eigenvalue weighted by Crippen LogP contribution is 2.27. The SMILES string of the molecule is CSc1ccccc1OCc1ccc(C#CCN)cc1F. The van der Waals surface area contributed by atoms with Gasteiger partial charge in [-0.25, -0.2) is 4.39 Å². The van der Waals surface area contributed by atoms with Gasteiger partial charge in [-0.05, 0) is 30.5 Å². The molecule has 2 N–H and O–H groups in total. The van der Waals surface area contributed by atoms with Gasteiger partial charge in [0, 0.05) is 16.0 Å². The lowest BCUT2D eigenvalue weighted by atomic mass is 10.1. The molecule has 0 bridgehead atoms. The largest absolute Gasteiger partial charge is 0.488 e. The fourth-order valence-corrected chi connectivity index (χ4v) is 2.33. The van der Waals surface area contributed by atoms with Crippen molar-refractivity contribution in [3.63, 3.8) is 0 Å². The average Bonchev–Trinajstić information content (AvgIpc) is 2.52. The Balaban J connectivity index is 2.10. The Labute approximate surface area is 128 Å². The summed E-state index contributed by atoms with van der Waals surface area (Å²) in [6, 6.07) is 12.6. The van der Waals surface area contributed by atoms with Gasteiger partial charge in [0.2, 0.25) is 0 Å². The lowest BCUT2D eigenvalue weighted by Gasteiger charge is -2.10. The molecule has 2 aromatic rings. The van der Waals surface area contributed by atoms with Gasteiger partial charge >= 0.3 is 0 Å². The average molecular weight is 301 g/mol. The number of para-hydroxylation sites is 1. The van der Waals surface area contributed by atoms with Gasteiger partial charge in [-0.2, -0.15) is 0 Å². The van der Waals surface area contributed by atoms with E-state index in [-0.39, 0.29) is 19.0 Å². The molecule has 0 saturated carbocycles. The summed E-state index contributed by atoms with van der Waals surface area (Å²) in [7, 11) is 0. The minimum absolute atomic E-state index is 0.188. The molecule has 0 aliphatic carbocycles. The minimum Gasteiger partial charge on any atom is -0.488 e. The van der Waals surface area contributed by atoms with Gasteiger partial charge in [-0.15, -0.1) is 11.8 Å². The van der Waals surface area contributed by atoms with Crippen LogP contribution in [0.2, 0.25) is 0 Å². The fourth-order valence-electron chi connectivity index (χ4n) is 1.79. The van der Waals surface area contributed by atoms with Gasteiger partial charge in [0.25, 0.3) is 0 Å². The first kappa shape index (κ1) is 15.4. The van der Waals surface area contributed by atoms with Crippen molar-refractivity contribution in [2.75, 3.05) is 12.8 Å². The lowest BCUT2D eigenvalue weighted by Crippen LogP contribution is -2.00. The molecule has 0 unspecified atom stereocenters. The molecule has 0 spiro atoms. The number of rotatable bonds is 4. The highest BCUT2D eigenvalue weighted by Gasteiger charge is 2.06. The van der Waals surface area contributed by atoms with Gasteiger partial charge in [-0.3, -0.25) is 0 Å². The van der Waals surface area contributed by atoms with Crippen LogP contribution in [0.5, 0.6) is 5.75 Å². The topological polar surface area (TPSA) is 35.2 Å². The van der Waals surface area contributed by atoms with E-state index in [9.17, 15) is 4.39 Å². The lowest BCUT2D eigenvalue weighted by molar-refractivity contribution is 0.293. The van der Waals surface area contributed by atoms with Crippen molar-refractivity contribution in [1.29, 1.82) is 0 Å². The number of benzene rings is 2. The highest BCUT2D eigenvalue weighted by molar-refractivity contribution is 7.98. The predicted octanol–water partition coefficient (Wildman–Crippen LogP) is 3.44. The molecule has 0 aromatic heterocycles. The zero-order valence-corrected chi connectivity index (χ0v) is 12.5. The summed E-state index contributed by atoms with van der Waals surface area (Å²) in [5.41, 5.74) is 6.42. The molecule has 0 saturated heterocycles.